The third kappa shape index (κ3) is 3.67. The number of nitrogens with zero attached hydrogens (tertiary/aromatic N) is 1. The highest BCUT2D eigenvalue weighted by atomic mass is 35.5. The van der Waals surface area contributed by atoms with Gasteiger partial charge in [-0.2, -0.15) is 0 Å². The van der Waals surface area contributed by atoms with Crippen LogP contribution in [0, 0.1) is 11.6 Å². The van der Waals surface area contributed by atoms with Crippen LogP contribution in [0.2, 0.25) is 5.02 Å². The third-order valence-electron chi connectivity index (χ3n) is 4.10. The number of carbonyl (C=O) groups excluding carboxylic acids is 1. The summed E-state index contributed by atoms with van der Waals surface area (Å²) in [7, 11) is 0. The van der Waals surface area contributed by atoms with Gasteiger partial charge in [0.1, 0.15) is 0 Å². The Bertz CT molecular complexity index is 743. The highest BCUT2D eigenvalue weighted by Gasteiger charge is 2.16. The molecule has 126 valence electrons. The third-order valence-corrected chi connectivity index (χ3v) is 4.41. The first kappa shape index (κ1) is 16.7. The molecule has 1 N–H and O–H groups in total. The standard InChI is InChI=1S/C18H17ClF2N2O/c19-15-11-17(21)16(20)10-14(15)18(24)22-12-4-6-13(7-5-12)23-8-2-1-3-9-23/h4-7,10-11H,1-3,8-9H2,(H,22,24). The van der Waals surface area contributed by atoms with E-state index in [0.717, 1.165) is 30.9 Å². The van der Waals surface area contributed by atoms with Crippen LogP contribution in [-0.2, 0) is 0 Å². The van der Waals surface area contributed by atoms with Crippen LogP contribution >= 0.6 is 11.6 Å². The average Bonchev–Trinajstić information content (AvgIpc) is 2.59. The van der Waals surface area contributed by atoms with E-state index in [-0.39, 0.29) is 10.6 Å². The zero-order valence-electron chi connectivity index (χ0n) is 13.0. The van der Waals surface area contributed by atoms with Crippen molar-refractivity contribution >= 4 is 28.9 Å². The molecule has 24 heavy (non-hydrogen) atoms. The van der Waals surface area contributed by atoms with Gasteiger partial charge in [-0.1, -0.05) is 11.6 Å². The quantitative estimate of drug-likeness (QED) is 0.802. The molecule has 0 aliphatic carbocycles. The first-order valence-corrected chi connectivity index (χ1v) is 8.23. The maximum atomic E-state index is 13.3. The van der Waals surface area contributed by atoms with Crippen molar-refractivity contribution in [1.82, 2.24) is 0 Å². The van der Waals surface area contributed by atoms with Gasteiger partial charge < -0.3 is 10.2 Å². The normalized spacial score (nSPS) is 14.5. The van der Waals surface area contributed by atoms with E-state index in [1.165, 1.54) is 19.3 Å². The van der Waals surface area contributed by atoms with Gasteiger partial charge in [-0.15, -0.1) is 0 Å². The summed E-state index contributed by atoms with van der Waals surface area (Å²) in [4.78, 5) is 14.5. The van der Waals surface area contributed by atoms with Crippen LogP contribution in [0.5, 0.6) is 0 Å². The Hall–Kier alpha value is -2.14. The zero-order chi connectivity index (χ0) is 17.1. The number of rotatable bonds is 3. The Balaban J connectivity index is 1.71. The van der Waals surface area contributed by atoms with Crippen molar-refractivity contribution in [2.75, 3.05) is 23.3 Å². The first-order valence-electron chi connectivity index (χ1n) is 7.85. The van der Waals surface area contributed by atoms with E-state index in [1.54, 1.807) is 12.1 Å². The monoisotopic (exact) mass is 350 g/mol. The Morgan fingerprint density at radius 1 is 1.00 bits per heavy atom. The van der Waals surface area contributed by atoms with Crippen LogP contribution < -0.4 is 10.2 Å². The second-order valence-corrected chi connectivity index (χ2v) is 6.20. The van der Waals surface area contributed by atoms with Crippen molar-refractivity contribution in [3.63, 3.8) is 0 Å². The number of nitrogens with one attached hydrogen (secondary N) is 1. The summed E-state index contributed by atoms with van der Waals surface area (Å²) in [5.41, 5.74) is 1.58. The molecule has 1 amide bonds. The molecule has 0 atom stereocenters. The van der Waals surface area contributed by atoms with Gasteiger partial charge in [-0.05, 0) is 55.7 Å². The molecule has 3 rings (SSSR count). The fraction of sp³-hybridized carbons (Fsp3) is 0.278. The van der Waals surface area contributed by atoms with Crippen molar-refractivity contribution in [3.8, 4) is 0 Å². The molecule has 1 aliphatic rings. The number of halogens is 3. The number of carbonyl (C=O) groups is 1. The van der Waals surface area contributed by atoms with E-state index >= 15 is 0 Å². The van der Waals surface area contributed by atoms with Gasteiger partial charge >= 0.3 is 0 Å². The molecule has 2 aromatic rings. The SMILES string of the molecule is O=C(Nc1ccc(N2CCCCC2)cc1)c1cc(F)c(F)cc1Cl. The molecule has 1 aliphatic heterocycles. The summed E-state index contributed by atoms with van der Waals surface area (Å²) in [5.74, 6) is -2.77. The second-order valence-electron chi connectivity index (χ2n) is 5.79. The zero-order valence-corrected chi connectivity index (χ0v) is 13.7. The first-order chi connectivity index (χ1) is 11.5. The van der Waals surface area contributed by atoms with Crippen LogP contribution in [0.3, 0.4) is 0 Å². The van der Waals surface area contributed by atoms with Crippen molar-refractivity contribution in [2.24, 2.45) is 0 Å². The smallest absolute Gasteiger partial charge is 0.257 e. The summed E-state index contributed by atoms with van der Waals surface area (Å²) >= 11 is 5.82. The van der Waals surface area contributed by atoms with Crippen LogP contribution in [0.15, 0.2) is 36.4 Å². The molecule has 6 heteroatoms. The summed E-state index contributed by atoms with van der Waals surface area (Å²) in [6.45, 7) is 2.08. The van der Waals surface area contributed by atoms with E-state index in [1.807, 2.05) is 12.1 Å². The van der Waals surface area contributed by atoms with Gasteiger partial charge in [0.05, 0.1) is 10.6 Å². The highest BCUT2D eigenvalue weighted by Crippen LogP contribution is 2.24. The Kier molecular flexibility index (Phi) is 5.00. The largest absolute Gasteiger partial charge is 0.372 e. The molecular formula is C18H17ClF2N2O. The lowest BCUT2D eigenvalue weighted by atomic mass is 10.1. The molecule has 0 saturated carbocycles. The van der Waals surface area contributed by atoms with Gasteiger partial charge in [0.25, 0.3) is 5.91 Å². The molecule has 0 bridgehead atoms. The van der Waals surface area contributed by atoms with Gasteiger partial charge in [0.15, 0.2) is 11.6 Å². The van der Waals surface area contributed by atoms with Gasteiger partial charge in [0, 0.05) is 24.5 Å². The maximum Gasteiger partial charge on any atom is 0.257 e. The second kappa shape index (κ2) is 7.18. The van der Waals surface area contributed by atoms with Crippen LogP contribution in [0.1, 0.15) is 29.6 Å². The van der Waals surface area contributed by atoms with Gasteiger partial charge in [0.2, 0.25) is 0 Å². The molecule has 2 aromatic carbocycles. The van der Waals surface area contributed by atoms with E-state index in [2.05, 4.69) is 10.2 Å². The highest BCUT2D eigenvalue weighted by molar-refractivity contribution is 6.34. The van der Waals surface area contributed by atoms with Crippen molar-refractivity contribution in [2.45, 2.75) is 19.3 Å². The minimum absolute atomic E-state index is 0.101. The van der Waals surface area contributed by atoms with Crippen molar-refractivity contribution < 1.29 is 13.6 Å². The average molecular weight is 351 g/mol. The lowest BCUT2D eigenvalue weighted by Gasteiger charge is -2.28. The number of benzene rings is 2. The molecular weight excluding hydrogens is 334 g/mol. The molecule has 0 radical (unpaired) electrons. The Labute approximate surface area is 144 Å². The van der Waals surface area contributed by atoms with E-state index in [4.69, 9.17) is 11.6 Å². The van der Waals surface area contributed by atoms with Crippen molar-refractivity contribution in [3.05, 3.63) is 58.6 Å². The molecule has 1 saturated heterocycles. The minimum Gasteiger partial charge on any atom is -0.372 e. The van der Waals surface area contributed by atoms with Crippen LogP contribution in [0.25, 0.3) is 0 Å². The fourth-order valence-electron chi connectivity index (χ4n) is 2.80. The number of hydrogen-bond acceptors (Lipinski definition) is 2. The predicted octanol–water partition coefficient (Wildman–Crippen LogP) is 4.86. The van der Waals surface area contributed by atoms with Crippen LogP contribution in [0.4, 0.5) is 20.2 Å². The number of amides is 1. The Morgan fingerprint density at radius 2 is 1.62 bits per heavy atom. The summed E-state index contributed by atoms with van der Waals surface area (Å²) in [6, 6.07) is 9.05. The number of piperidine rings is 1. The van der Waals surface area contributed by atoms with E-state index < -0.39 is 17.5 Å². The lowest BCUT2D eigenvalue weighted by molar-refractivity contribution is 0.102. The predicted molar refractivity (Wildman–Crippen MR) is 91.8 cm³/mol. The molecule has 1 fully saturated rings. The van der Waals surface area contributed by atoms with E-state index in [9.17, 15) is 13.6 Å². The summed E-state index contributed by atoms with van der Waals surface area (Å²) in [5, 5.41) is 2.52. The van der Waals surface area contributed by atoms with Gasteiger partial charge in [-0.3, -0.25) is 4.79 Å². The molecule has 1 heterocycles. The van der Waals surface area contributed by atoms with Crippen LogP contribution in [-0.4, -0.2) is 19.0 Å². The molecule has 0 aromatic heterocycles. The van der Waals surface area contributed by atoms with Crippen molar-refractivity contribution in [1.29, 1.82) is 0 Å². The summed E-state index contributed by atoms with van der Waals surface area (Å²) < 4.78 is 26.4. The topological polar surface area (TPSA) is 32.3 Å². The van der Waals surface area contributed by atoms with E-state index in [0.29, 0.717) is 5.69 Å². The molecule has 0 spiro atoms. The number of anilines is 2. The molecule has 0 unspecified atom stereocenters. The Morgan fingerprint density at radius 3 is 2.29 bits per heavy atom. The minimum atomic E-state index is -1.11. The fourth-order valence-corrected chi connectivity index (χ4v) is 3.04. The maximum absolute atomic E-state index is 13.3. The summed E-state index contributed by atoms with van der Waals surface area (Å²) in [6.07, 6.45) is 3.64. The molecule has 3 nitrogen and oxygen atoms in total. The lowest BCUT2D eigenvalue weighted by Crippen LogP contribution is -2.29. The number of hydrogen-bond donors (Lipinski definition) is 1. The van der Waals surface area contributed by atoms with Gasteiger partial charge in [-0.25, -0.2) is 8.78 Å².